The zero-order valence-electron chi connectivity index (χ0n) is 9.08. The van der Waals surface area contributed by atoms with Gasteiger partial charge in [-0.25, -0.2) is 4.98 Å². The van der Waals surface area contributed by atoms with Gasteiger partial charge in [0.25, 0.3) is 0 Å². The van der Waals surface area contributed by atoms with Crippen molar-refractivity contribution < 1.29 is 4.74 Å². The molecule has 0 fully saturated rings. The largest absolute Gasteiger partial charge is 0.481 e. The number of nitrogens with zero attached hydrogens (tertiary/aromatic N) is 1. The smallest absolute Gasteiger partial charge is 0.213 e. The Balaban J connectivity index is 2.57. The third kappa shape index (κ3) is 3.34. The number of aromatic nitrogens is 1. The van der Waals surface area contributed by atoms with Crippen LogP contribution in [0.1, 0.15) is 19.4 Å². The second-order valence-electron chi connectivity index (χ2n) is 3.37. The Labute approximate surface area is 85.5 Å². The molecule has 0 radical (unpaired) electrons. The van der Waals surface area contributed by atoms with E-state index < -0.39 is 0 Å². The molecule has 0 aromatic carbocycles. The van der Waals surface area contributed by atoms with Crippen molar-refractivity contribution in [3.63, 3.8) is 0 Å². The molecule has 0 aliphatic carbocycles. The van der Waals surface area contributed by atoms with Crippen molar-refractivity contribution in [2.45, 2.75) is 26.3 Å². The van der Waals surface area contributed by atoms with E-state index in [-0.39, 0.29) is 0 Å². The van der Waals surface area contributed by atoms with Crippen LogP contribution in [-0.2, 0) is 6.42 Å². The number of pyridine rings is 1. The van der Waals surface area contributed by atoms with Gasteiger partial charge in [0.1, 0.15) is 0 Å². The number of hydrogen-bond donors (Lipinski definition) is 1. The molecule has 78 valence electrons. The van der Waals surface area contributed by atoms with Crippen molar-refractivity contribution in [3.05, 3.63) is 23.9 Å². The normalized spacial score (nSPS) is 12.5. The Kier molecular flexibility index (Phi) is 4.40. The lowest BCUT2D eigenvalue weighted by molar-refractivity contribution is 0.397. The van der Waals surface area contributed by atoms with Gasteiger partial charge in [-0.15, -0.1) is 0 Å². The lowest BCUT2D eigenvalue weighted by Gasteiger charge is -2.12. The zero-order chi connectivity index (χ0) is 10.4. The molecule has 0 amide bonds. The summed E-state index contributed by atoms with van der Waals surface area (Å²) in [5, 5.41) is 3.37. The fourth-order valence-corrected chi connectivity index (χ4v) is 1.46. The fourth-order valence-electron chi connectivity index (χ4n) is 1.46. The molecule has 1 aromatic rings. The zero-order valence-corrected chi connectivity index (χ0v) is 9.08. The molecule has 0 aliphatic rings. The molecule has 0 spiro atoms. The van der Waals surface area contributed by atoms with E-state index in [9.17, 15) is 0 Å². The second kappa shape index (κ2) is 5.60. The van der Waals surface area contributed by atoms with Crippen LogP contribution in [0.15, 0.2) is 18.3 Å². The van der Waals surface area contributed by atoms with Gasteiger partial charge in [-0.2, -0.15) is 0 Å². The van der Waals surface area contributed by atoms with Crippen LogP contribution in [0.25, 0.3) is 0 Å². The van der Waals surface area contributed by atoms with Crippen LogP contribution < -0.4 is 10.1 Å². The Morgan fingerprint density at radius 1 is 1.57 bits per heavy atom. The summed E-state index contributed by atoms with van der Waals surface area (Å²) in [7, 11) is 1.64. The molecule has 14 heavy (non-hydrogen) atoms. The minimum absolute atomic E-state index is 0.493. The summed E-state index contributed by atoms with van der Waals surface area (Å²) in [6.07, 6.45) is 2.79. The van der Waals surface area contributed by atoms with Gasteiger partial charge in [-0.3, -0.25) is 0 Å². The van der Waals surface area contributed by atoms with Crippen LogP contribution in [0.5, 0.6) is 5.88 Å². The van der Waals surface area contributed by atoms with Crippen molar-refractivity contribution in [1.29, 1.82) is 0 Å². The molecule has 1 unspecified atom stereocenters. The van der Waals surface area contributed by atoms with Crippen LogP contribution in [0.2, 0.25) is 0 Å². The quantitative estimate of drug-likeness (QED) is 0.773. The fraction of sp³-hybridized carbons (Fsp3) is 0.545. The average molecular weight is 194 g/mol. The predicted molar refractivity (Wildman–Crippen MR) is 57.6 cm³/mol. The molecule has 1 atom stereocenters. The maximum Gasteiger partial charge on any atom is 0.213 e. The van der Waals surface area contributed by atoms with Gasteiger partial charge in [0.15, 0.2) is 0 Å². The highest BCUT2D eigenvalue weighted by atomic mass is 16.5. The van der Waals surface area contributed by atoms with Gasteiger partial charge in [-0.1, -0.05) is 6.92 Å². The van der Waals surface area contributed by atoms with Gasteiger partial charge in [0, 0.05) is 18.3 Å². The average Bonchev–Trinajstić information content (AvgIpc) is 2.18. The molecule has 3 nitrogen and oxygen atoms in total. The molecule has 0 aliphatic heterocycles. The Hall–Kier alpha value is -1.09. The third-order valence-corrected chi connectivity index (χ3v) is 2.10. The number of likely N-dealkylation sites (N-methyl/N-ethyl adjacent to an activating group) is 1. The van der Waals surface area contributed by atoms with Crippen molar-refractivity contribution >= 4 is 0 Å². The molecule has 0 saturated heterocycles. The van der Waals surface area contributed by atoms with E-state index in [0.29, 0.717) is 11.9 Å². The van der Waals surface area contributed by atoms with E-state index in [0.717, 1.165) is 13.0 Å². The third-order valence-electron chi connectivity index (χ3n) is 2.10. The van der Waals surface area contributed by atoms with E-state index in [2.05, 4.69) is 24.1 Å². The molecular formula is C11H18N2O. The number of methoxy groups -OCH3 is 1. The topological polar surface area (TPSA) is 34.2 Å². The summed E-state index contributed by atoms with van der Waals surface area (Å²) in [5.74, 6) is 0.686. The van der Waals surface area contributed by atoms with Crippen LogP contribution in [0.4, 0.5) is 0 Å². The minimum Gasteiger partial charge on any atom is -0.481 e. The number of hydrogen-bond acceptors (Lipinski definition) is 3. The summed E-state index contributed by atoms with van der Waals surface area (Å²) in [4.78, 5) is 4.07. The van der Waals surface area contributed by atoms with E-state index >= 15 is 0 Å². The lowest BCUT2D eigenvalue weighted by atomic mass is 10.1. The first kappa shape index (κ1) is 11.0. The van der Waals surface area contributed by atoms with Crippen molar-refractivity contribution in [2.75, 3.05) is 13.7 Å². The molecule has 0 saturated carbocycles. The Morgan fingerprint density at radius 3 is 3.00 bits per heavy atom. The minimum atomic E-state index is 0.493. The lowest BCUT2D eigenvalue weighted by Crippen LogP contribution is -2.27. The van der Waals surface area contributed by atoms with Crippen molar-refractivity contribution in [1.82, 2.24) is 10.3 Å². The molecule has 3 heteroatoms. The summed E-state index contributed by atoms with van der Waals surface area (Å²) < 4.78 is 5.06. The van der Waals surface area contributed by atoms with Crippen LogP contribution >= 0.6 is 0 Å². The summed E-state index contributed by atoms with van der Waals surface area (Å²) in [5.41, 5.74) is 1.25. The highest BCUT2D eigenvalue weighted by Crippen LogP contribution is 2.10. The molecule has 1 rings (SSSR count). The molecule has 0 bridgehead atoms. The van der Waals surface area contributed by atoms with Crippen molar-refractivity contribution in [2.24, 2.45) is 0 Å². The van der Waals surface area contributed by atoms with Crippen LogP contribution in [-0.4, -0.2) is 24.7 Å². The van der Waals surface area contributed by atoms with Crippen LogP contribution in [0, 0.1) is 0 Å². The maximum absolute atomic E-state index is 5.06. The predicted octanol–water partition coefficient (Wildman–Crippen LogP) is 1.63. The van der Waals surface area contributed by atoms with Gasteiger partial charge in [-0.05, 0) is 31.5 Å². The van der Waals surface area contributed by atoms with Gasteiger partial charge < -0.3 is 10.1 Å². The van der Waals surface area contributed by atoms with Crippen LogP contribution in [0.3, 0.4) is 0 Å². The van der Waals surface area contributed by atoms with Crippen molar-refractivity contribution in [3.8, 4) is 5.88 Å². The standard InChI is InChI=1S/C11H18N2O/c1-4-12-9(2)7-10-5-6-13-11(8-10)14-3/h5-6,8-9,12H,4,7H2,1-3H3. The summed E-state index contributed by atoms with van der Waals surface area (Å²) >= 11 is 0. The first-order valence-corrected chi connectivity index (χ1v) is 4.98. The van der Waals surface area contributed by atoms with Gasteiger partial charge in [0.05, 0.1) is 7.11 Å². The molecular weight excluding hydrogens is 176 g/mol. The molecule has 1 heterocycles. The SMILES string of the molecule is CCNC(C)Cc1ccnc(OC)c1. The highest BCUT2D eigenvalue weighted by Gasteiger charge is 2.02. The first-order valence-electron chi connectivity index (χ1n) is 4.98. The molecule has 1 aromatic heterocycles. The Bertz CT molecular complexity index is 276. The van der Waals surface area contributed by atoms with Gasteiger partial charge >= 0.3 is 0 Å². The Morgan fingerprint density at radius 2 is 2.36 bits per heavy atom. The number of nitrogens with one attached hydrogen (secondary N) is 1. The van der Waals surface area contributed by atoms with E-state index in [4.69, 9.17) is 4.74 Å². The molecule has 1 N–H and O–H groups in total. The number of rotatable bonds is 5. The second-order valence-corrected chi connectivity index (χ2v) is 3.37. The monoisotopic (exact) mass is 194 g/mol. The summed E-state index contributed by atoms with van der Waals surface area (Å²) in [6, 6.07) is 4.50. The highest BCUT2D eigenvalue weighted by molar-refractivity contribution is 5.21. The van der Waals surface area contributed by atoms with E-state index in [1.54, 1.807) is 13.3 Å². The first-order chi connectivity index (χ1) is 6.76. The number of ether oxygens (including phenoxy) is 1. The van der Waals surface area contributed by atoms with Gasteiger partial charge in [0.2, 0.25) is 5.88 Å². The van der Waals surface area contributed by atoms with E-state index in [1.165, 1.54) is 5.56 Å². The maximum atomic E-state index is 5.06. The summed E-state index contributed by atoms with van der Waals surface area (Å²) in [6.45, 7) is 5.30. The van der Waals surface area contributed by atoms with E-state index in [1.807, 2.05) is 12.1 Å².